The number of hydrogen-bond donors (Lipinski definition) is 1. The smallest absolute Gasteiger partial charge is 0.254 e. The summed E-state index contributed by atoms with van der Waals surface area (Å²) in [6, 6.07) is 7.87. The molecule has 0 radical (unpaired) electrons. The topological polar surface area (TPSA) is 68.5 Å². The van der Waals surface area contributed by atoms with Gasteiger partial charge in [-0.3, -0.25) is 9.78 Å². The Hall–Kier alpha value is -1.82. The van der Waals surface area contributed by atoms with Gasteiger partial charge in [-0.05, 0) is 61.9 Å². The van der Waals surface area contributed by atoms with E-state index in [-0.39, 0.29) is 36.8 Å². The molecule has 5 nitrogen and oxygen atoms in total. The van der Waals surface area contributed by atoms with Crippen LogP contribution < -0.4 is 10.5 Å². The highest BCUT2D eigenvalue weighted by atomic mass is 35.5. The van der Waals surface area contributed by atoms with Crippen LogP contribution in [0.4, 0.5) is 0 Å². The van der Waals surface area contributed by atoms with Gasteiger partial charge < -0.3 is 15.4 Å². The average molecular weight is 440 g/mol. The van der Waals surface area contributed by atoms with Gasteiger partial charge in [-0.25, -0.2) is 0 Å². The first kappa shape index (κ1) is 25.2. The molecule has 2 unspecified atom stereocenters. The SMILES string of the molecule is Cc1cc(C(=O)N2CCC(C)CC2CN)cc(C)c1OCc1cccnc1.Cl.Cl. The number of halogens is 2. The molecule has 1 aromatic carbocycles. The highest BCUT2D eigenvalue weighted by molar-refractivity contribution is 5.95. The van der Waals surface area contributed by atoms with Crippen molar-refractivity contribution in [3.8, 4) is 5.75 Å². The molecule has 7 heteroatoms. The minimum atomic E-state index is 0. The molecule has 1 saturated heterocycles. The van der Waals surface area contributed by atoms with Crippen LogP contribution in [0.3, 0.4) is 0 Å². The summed E-state index contributed by atoms with van der Waals surface area (Å²) in [5.41, 5.74) is 9.60. The molecule has 2 aromatic rings. The number of hydrogen-bond acceptors (Lipinski definition) is 4. The number of nitrogens with zero attached hydrogens (tertiary/aromatic N) is 2. The summed E-state index contributed by atoms with van der Waals surface area (Å²) >= 11 is 0. The van der Waals surface area contributed by atoms with E-state index in [1.54, 1.807) is 12.4 Å². The monoisotopic (exact) mass is 439 g/mol. The van der Waals surface area contributed by atoms with Gasteiger partial charge in [-0.2, -0.15) is 0 Å². The van der Waals surface area contributed by atoms with Crippen LogP contribution in [0, 0.1) is 19.8 Å². The number of benzene rings is 1. The van der Waals surface area contributed by atoms with Crippen LogP contribution in [0.15, 0.2) is 36.7 Å². The van der Waals surface area contributed by atoms with Crippen LogP contribution in [0.5, 0.6) is 5.75 Å². The van der Waals surface area contributed by atoms with Gasteiger partial charge >= 0.3 is 0 Å². The molecule has 1 fully saturated rings. The van der Waals surface area contributed by atoms with E-state index < -0.39 is 0 Å². The van der Waals surface area contributed by atoms with Gasteiger partial charge in [0.25, 0.3) is 5.91 Å². The molecule has 2 N–H and O–H groups in total. The van der Waals surface area contributed by atoms with Gasteiger partial charge in [0.2, 0.25) is 0 Å². The summed E-state index contributed by atoms with van der Waals surface area (Å²) in [6.07, 6.45) is 5.56. The maximum Gasteiger partial charge on any atom is 0.254 e. The molecule has 0 bridgehead atoms. The van der Waals surface area contributed by atoms with Crippen molar-refractivity contribution in [3.05, 3.63) is 58.9 Å². The number of carbonyl (C=O) groups excluding carboxylic acids is 1. The lowest BCUT2D eigenvalue weighted by molar-refractivity contribution is 0.0573. The molecule has 29 heavy (non-hydrogen) atoms. The Kier molecular flexibility index (Phi) is 9.90. The van der Waals surface area contributed by atoms with Crippen molar-refractivity contribution in [2.75, 3.05) is 13.1 Å². The second-order valence-electron chi connectivity index (χ2n) is 7.61. The number of nitrogens with two attached hydrogens (primary N) is 1. The first-order valence-electron chi connectivity index (χ1n) is 9.63. The summed E-state index contributed by atoms with van der Waals surface area (Å²) < 4.78 is 6.01. The maximum atomic E-state index is 13.1. The summed E-state index contributed by atoms with van der Waals surface area (Å²) in [5.74, 6) is 1.52. The predicted molar refractivity (Wildman–Crippen MR) is 121 cm³/mol. The van der Waals surface area contributed by atoms with Crippen molar-refractivity contribution in [1.29, 1.82) is 0 Å². The van der Waals surface area contributed by atoms with Crippen molar-refractivity contribution in [2.24, 2.45) is 11.7 Å². The number of carbonyl (C=O) groups is 1. The molecule has 0 saturated carbocycles. The van der Waals surface area contributed by atoms with E-state index in [1.165, 1.54) is 0 Å². The molecule has 3 rings (SSSR count). The van der Waals surface area contributed by atoms with Crippen molar-refractivity contribution < 1.29 is 9.53 Å². The minimum Gasteiger partial charge on any atom is -0.488 e. The molecular formula is C22H31Cl2N3O2. The Morgan fingerprint density at radius 2 is 1.97 bits per heavy atom. The lowest BCUT2D eigenvalue weighted by atomic mass is 9.91. The van der Waals surface area contributed by atoms with Gasteiger partial charge in [0.15, 0.2) is 0 Å². The fourth-order valence-corrected chi connectivity index (χ4v) is 3.85. The number of aryl methyl sites for hydroxylation is 2. The Balaban J connectivity index is 0.00000210. The molecule has 1 aliphatic heterocycles. The third kappa shape index (κ3) is 6.08. The normalized spacial score (nSPS) is 18.4. The first-order valence-corrected chi connectivity index (χ1v) is 9.63. The number of likely N-dealkylation sites (tertiary alicyclic amines) is 1. The van der Waals surface area contributed by atoms with Gasteiger partial charge in [0, 0.05) is 42.7 Å². The van der Waals surface area contributed by atoms with Gasteiger partial charge in [0.1, 0.15) is 12.4 Å². The van der Waals surface area contributed by atoms with Crippen molar-refractivity contribution in [1.82, 2.24) is 9.88 Å². The first-order chi connectivity index (χ1) is 13.0. The molecule has 1 aromatic heterocycles. The zero-order valence-corrected chi connectivity index (χ0v) is 18.9. The molecule has 1 amide bonds. The van der Waals surface area contributed by atoms with E-state index in [0.29, 0.717) is 24.6 Å². The van der Waals surface area contributed by atoms with Gasteiger partial charge in [-0.1, -0.05) is 13.0 Å². The summed E-state index contributed by atoms with van der Waals surface area (Å²) in [4.78, 5) is 19.2. The van der Waals surface area contributed by atoms with Crippen LogP contribution in [-0.4, -0.2) is 34.9 Å². The minimum absolute atomic E-state index is 0. The largest absolute Gasteiger partial charge is 0.488 e. The maximum absolute atomic E-state index is 13.1. The summed E-state index contributed by atoms with van der Waals surface area (Å²) in [5, 5.41) is 0. The Bertz CT molecular complexity index is 779. The number of aromatic nitrogens is 1. The lowest BCUT2D eigenvalue weighted by Crippen LogP contribution is -2.49. The highest BCUT2D eigenvalue weighted by Gasteiger charge is 2.30. The van der Waals surface area contributed by atoms with Crippen LogP contribution in [0.25, 0.3) is 0 Å². The van der Waals surface area contributed by atoms with E-state index in [9.17, 15) is 4.79 Å². The zero-order chi connectivity index (χ0) is 19.4. The summed E-state index contributed by atoms with van der Waals surface area (Å²) in [7, 11) is 0. The standard InChI is InChI=1S/C22H29N3O2.2ClH/c1-15-6-8-25(20(9-15)12-23)22(26)19-10-16(2)21(17(3)11-19)27-14-18-5-4-7-24-13-18;;/h4-5,7,10-11,13,15,20H,6,8-9,12,14,23H2,1-3H3;2*1H. The van der Waals surface area contributed by atoms with Gasteiger partial charge in [0.05, 0.1) is 0 Å². The quantitative estimate of drug-likeness (QED) is 0.752. The third-order valence-electron chi connectivity index (χ3n) is 5.32. The number of ether oxygens (including phenoxy) is 1. The van der Waals surface area contributed by atoms with E-state index in [0.717, 1.165) is 41.8 Å². The Morgan fingerprint density at radius 3 is 2.55 bits per heavy atom. The fourth-order valence-electron chi connectivity index (χ4n) is 3.85. The fraction of sp³-hybridized carbons (Fsp3) is 0.455. The van der Waals surface area contributed by atoms with E-state index in [1.807, 2.05) is 43.0 Å². The van der Waals surface area contributed by atoms with Crippen LogP contribution in [-0.2, 0) is 6.61 Å². The third-order valence-corrected chi connectivity index (χ3v) is 5.32. The van der Waals surface area contributed by atoms with Crippen LogP contribution in [0.2, 0.25) is 0 Å². The molecule has 160 valence electrons. The van der Waals surface area contributed by atoms with E-state index >= 15 is 0 Å². The van der Waals surface area contributed by atoms with Crippen molar-refractivity contribution in [2.45, 2.75) is 46.3 Å². The number of piperidine rings is 1. The molecule has 1 aliphatic rings. The average Bonchev–Trinajstić information content (AvgIpc) is 2.67. The molecule has 2 atom stereocenters. The molecule has 2 heterocycles. The zero-order valence-electron chi connectivity index (χ0n) is 17.3. The second kappa shape index (κ2) is 11.4. The van der Waals surface area contributed by atoms with Crippen LogP contribution >= 0.6 is 24.8 Å². The second-order valence-corrected chi connectivity index (χ2v) is 7.61. The van der Waals surface area contributed by atoms with E-state index in [2.05, 4.69) is 11.9 Å². The Labute approximate surface area is 185 Å². The van der Waals surface area contributed by atoms with Crippen LogP contribution in [0.1, 0.15) is 46.8 Å². The molecule has 0 aliphatic carbocycles. The Morgan fingerprint density at radius 1 is 1.28 bits per heavy atom. The highest BCUT2D eigenvalue weighted by Crippen LogP contribution is 2.28. The lowest BCUT2D eigenvalue weighted by Gasteiger charge is -2.38. The van der Waals surface area contributed by atoms with Crippen molar-refractivity contribution in [3.63, 3.8) is 0 Å². The van der Waals surface area contributed by atoms with Gasteiger partial charge in [-0.15, -0.1) is 24.8 Å². The molecule has 0 spiro atoms. The number of pyridine rings is 1. The van der Waals surface area contributed by atoms with E-state index in [4.69, 9.17) is 10.5 Å². The van der Waals surface area contributed by atoms with Crippen molar-refractivity contribution >= 4 is 30.7 Å². The molecular weight excluding hydrogens is 409 g/mol. The number of rotatable bonds is 5. The predicted octanol–water partition coefficient (Wildman–Crippen LogP) is 4.32. The number of amides is 1. The summed E-state index contributed by atoms with van der Waals surface area (Å²) in [6.45, 7) is 7.96.